The van der Waals surface area contributed by atoms with Crippen molar-refractivity contribution >= 4 is 44.2 Å². The van der Waals surface area contributed by atoms with Gasteiger partial charge in [-0.05, 0) is 53.5 Å². The van der Waals surface area contributed by atoms with Crippen LogP contribution in [-0.2, 0) is 17.9 Å². The molecule has 47 heavy (non-hydrogen) atoms. The molecule has 2 amide bonds. The van der Waals surface area contributed by atoms with Crippen LogP contribution >= 0.6 is 15.9 Å². The van der Waals surface area contributed by atoms with Gasteiger partial charge in [0.05, 0.1) is 32.0 Å². The number of fused-ring (bicyclic) bond motifs is 1. The van der Waals surface area contributed by atoms with E-state index in [0.29, 0.717) is 47.3 Å². The zero-order valence-corrected chi connectivity index (χ0v) is 27.4. The van der Waals surface area contributed by atoms with Crippen LogP contribution in [0.2, 0.25) is 0 Å². The van der Waals surface area contributed by atoms with Crippen LogP contribution in [0.1, 0.15) is 34.5 Å². The van der Waals surface area contributed by atoms with E-state index in [2.05, 4.69) is 31.2 Å². The fourth-order valence-electron chi connectivity index (χ4n) is 5.97. The van der Waals surface area contributed by atoms with Gasteiger partial charge in [0, 0.05) is 59.8 Å². The minimum absolute atomic E-state index is 0.0558. The molecular weight excluding hydrogens is 667 g/mol. The smallest absolute Gasteiger partial charge is 0.270 e. The third-order valence-corrected chi connectivity index (χ3v) is 8.77. The van der Waals surface area contributed by atoms with Gasteiger partial charge in [-0.2, -0.15) is 0 Å². The van der Waals surface area contributed by atoms with Crippen molar-refractivity contribution in [3.8, 4) is 16.9 Å². The first-order chi connectivity index (χ1) is 22.9. The number of carbonyl (C=O) groups excluding carboxylic acids is 2. The van der Waals surface area contributed by atoms with Gasteiger partial charge in [0.2, 0.25) is 5.91 Å². The third kappa shape index (κ3) is 6.98. The lowest BCUT2D eigenvalue weighted by molar-refractivity contribution is -0.131. The van der Waals surface area contributed by atoms with E-state index in [9.17, 15) is 14.7 Å². The summed E-state index contributed by atoms with van der Waals surface area (Å²) in [7, 11) is 1.58. The molecule has 0 saturated carbocycles. The fraction of sp³-hybridized carbons (Fsp3) is 0.257. The molecule has 2 aromatic heterocycles. The first kappa shape index (κ1) is 32.1. The maximum absolute atomic E-state index is 16.6. The lowest BCUT2D eigenvalue weighted by atomic mass is 9.93. The van der Waals surface area contributed by atoms with Crippen molar-refractivity contribution in [3.63, 3.8) is 0 Å². The van der Waals surface area contributed by atoms with Crippen LogP contribution in [0.5, 0.6) is 5.75 Å². The Morgan fingerprint density at radius 2 is 1.96 bits per heavy atom. The zero-order chi connectivity index (χ0) is 32.9. The molecule has 10 nitrogen and oxygen atoms in total. The second kappa shape index (κ2) is 14.3. The fourth-order valence-corrected chi connectivity index (χ4v) is 6.42. The van der Waals surface area contributed by atoms with Gasteiger partial charge in [0.1, 0.15) is 11.4 Å². The van der Waals surface area contributed by atoms with Gasteiger partial charge in [-0.25, -0.2) is 4.39 Å². The van der Waals surface area contributed by atoms with Crippen molar-refractivity contribution in [2.45, 2.75) is 25.9 Å². The summed E-state index contributed by atoms with van der Waals surface area (Å²) in [5.41, 5.74) is 3.68. The number of hydrogen-bond donors (Lipinski definition) is 2. The largest absolute Gasteiger partial charge is 0.496 e. The summed E-state index contributed by atoms with van der Waals surface area (Å²) in [5, 5.41) is 18.0. The van der Waals surface area contributed by atoms with Gasteiger partial charge in [0.15, 0.2) is 5.82 Å². The van der Waals surface area contributed by atoms with Crippen LogP contribution in [0.3, 0.4) is 0 Å². The molecule has 0 bridgehead atoms. The molecule has 3 aromatic carbocycles. The van der Waals surface area contributed by atoms with E-state index < -0.39 is 5.82 Å². The van der Waals surface area contributed by atoms with Crippen molar-refractivity contribution < 1.29 is 23.8 Å². The number of aromatic nitrogens is 4. The van der Waals surface area contributed by atoms with E-state index >= 15 is 4.39 Å². The molecule has 0 spiro atoms. The van der Waals surface area contributed by atoms with Gasteiger partial charge >= 0.3 is 0 Å². The molecule has 0 unspecified atom stereocenters. The number of halogens is 2. The quantitative estimate of drug-likeness (QED) is 0.183. The number of carbonyl (C=O) groups is 2. The number of rotatable bonds is 11. The standard InChI is InChI=1S/C35H34BrFN6O4/c1-47-31-10-3-2-9-26(31)28-19-27(24-7-5-13-41(22-24)32(45)11-14-43-15-12-38-40-43)33(37)34-29(28)20-30(39-34)35(46)42(16-17-44)21-23-6-4-8-25(36)18-23/h2-4,6-10,12,15,18-20,39,44H,5,11,13-14,16-17,21-22H2,1H3. The Labute approximate surface area is 279 Å². The molecule has 0 atom stereocenters. The molecule has 0 saturated heterocycles. The molecule has 1 aliphatic heterocycles. The molecule has 12 heteroatoms. The van der Waals surface area contributed by atoms with Crippen molar-refractivity contribution in [3.05, 3.63) is 106 Å². The number of nitrogens with one attached hydrogen (secondary N) is 1. The lowest BCUT2D eigenvalue weighted by Crippen LogP contribution is -2.36. The number of hydrogen-bond acceptors (Lipinski definition) is 6. The Hall–Kier alpha value is -4.81. The van der Waals surface area contributed by atoms with Crippen LogP contribution in [-0.4, -0.2) is 80.0 Å². The van der Waals surface area contributed by atoms with Gasteiger partial charge in [-0.1, -0.05) is 57.6 Å². The summed E-state index contributed by atoms with van der Waals surface area (Å²) in [6.45, 7) is 1.31. The molecule has 0 aliphatic carbocycles. The first-order valence-corrected chi connectivity index (χ1v) is 16.1. The Kier molecular flexibility index (Phi) is 9.79. The monoisotopic (exact) mass is 700 g/mol. The minimum Gasteiger partial charge on any atom is -0.496 e. The number of aryl methyl sites for hydroxylation is 1. The molecule has 3 heterocycles. The molecule has 242 valence electrons. The highest BCUT2D eigenvalue weighted by atomic mass is 79.9. The highest BCUT2D eigenvalue weighted by Crippen LogP contribution is 2.40. The Morgan fingerprint density at radius 3 is 2.72 bits per heavy atom. The number of methoxy groups -OCH3 is 1. The number of amides is 2. The van der Waals surface area contributed by atoms with Crippen molar-refractivity contribution in [2.75, 3.05) is 33.4 Å². The second-order valence-electron chi connectivity index (χ2n) is 11.3. The summed E-state index contributed by atoms with van der Waals surface area (Å²) in [6, 6.07) is 18.5. The number of benzene rings is 3. The lowest BCUT2D eigenvalue weighted by Gasteiger charge is -2.28. The Bertz CT molecular complexity index is 1940. The van der Waals surface area contributed by atoms with E-state index in [1.54, 1.807) is 41.2 Å². The predicted molar refractivity (Wildman–Crippen MR) is 180 cm³/mol. The molecule has 1 aliphatic rings. The maximum atomic E-state index is 16.6. The molecule has 2 N–H and O–H groups in total. The van der Waals surface area contributed by atoms with Crippen molar-refractivity contribution in [1.82, 2.24) is 29.8 Å². The average Bonchev–Trinajstić information content (AvgIpc) is 3.78. The van der Waals surface area contributed by atoms with E-state index in [1.807, 2.05) is 54.6 Å². The van der Waals surface area contributed by atoms with Crippen molar-refractivity contribution in [1.29, 1.82) is 0 Å². The SMILES string of the molecule is COc1ccccc1-c1cc(C2=CCCN(C(=O)CCn3ccnn3)C2)c(F)c2[nH]c(C(=O)N(CCO)Cc3cccc(Br)c3)cc12. The first-order valence-electron chi connectivity index (χ1n) is 15.3. The molecular formula is C35H34BrFN6O4. The van der Waals surface area contributed by atoms with Crippen LogP contribution in [0.4, 0.5) is 4.39 Å². The third-order valence-electron chi connectivity index (χ3n) is 8.28. The van der Waals surface area contributed by atoms with Gasteiger partial charge in [0.25, 0.3) is 5.91 Å². The summed E-state index contributed by atoms with van der Waals surface area (Å²) in [4.78, 5) is 33.4. The zero-order valence-electron chi connectivity index (χ0n) is 25.8. The molecule has 0 fully saturated rings. The average molecular weight is 702 g/mol. The van der Waals surface area contributed by atoms with Crippen LogP contribution in [0, 0.1) is 5.82 Å². The topological polar surface area (TPSA) is 117 Å². The number of para-hydroxylation sites is 1. The second-order valence-corrected chi connectivity index (χ2v) is 12.2. The highest BCUT2D eigenvalue weighted by Gasteiger charge is 2.26. The number of nitrogens with zero attached hydrogens (tertiary/aromatic N) is 5. The number of H-pyrrole nitrogens is 1. The van der Waals surface area contributed by atoms with E-state index in [0.717, 1.165) is 15.6 Å². The van der Waals surface area contributed by atoms with E-state index in [-0.39, 0.29) is 55.7 Å². The number of ether oxygens (including phenoxy) is 1. The summed E-state index contributed by atoms with van der Waals surface area (Å²) in [6.07, 6.45) is 6.06. The molecule has 6 rings (SSSR count). The number of aliphatic hydroxyl groups excluding tert-OH is 1. The van der Waals surface area contributed by atoms with Gasteiger partial charge in [-0.15, -0.1) is 5.10 Å². The predicted octanol–water partition coefficient (Wildman–Crippen LogP) is 5.68. The number of aliphatic hydroxyl groups is 1. The summed E-state index contributed by atoms with van der Waals surface area (Å²) < 4.78 is 24.8. The number of aromatic amines is 1. The maximum Gasteiger partial charge on any atom is 0.270 e. The van der Waals surface area contributed by atoms with E-state index in [4.69, 9.17) is 4.74 Å². The molecule has 0 radical (unpaired) electrons. The minimum atomic E-state index is -0.512. The van der Waals surface area contributed by atoms with E-state index in [1.165, 1.54) is 4.90 Å². The Balaban J connectivity index is 1.38. The highest BCUT2D eigenvalue weighted by molar-refractivity contribution is 9.10. The van der Waals surface area contributed by atoms with Crippen molar-refractivity contribution in [2.24, 2.45) is 0 Å². The Morgan fingerprint density at radius 1 is 1.11 bits per heavy atom. The summed E-state index contributed by atoms with van der Waals surface area (Å²) >= 11 is 3.47. The van der Waals surface area contributed by atoms with Gasteiger partial charge < -0.3 is 24.6 Å². The van der Waals surface area contributed by atoms with Crippen LogP contribution in [0.25, 0.3) is 27.6 Å². The van der Waals surface area contributed by atoms with Crippen LogP contribution < -0.4 is 4.74 Å². The van der Waals surface area contributed by atoms with Crippen LogP contribution in [0.15, 0.2) is 83.6 Å². The molecule has 5 aromatic rings. The summed E-state index contributed by atoms with van der Waals surface area (Å²) in [5.74, 6) is -0.344. The van der Waals surface area contributed by atoms with Gasteiger partial charge in [-0.3, -0.25) is 14.3 Å². The normalized spacial score (nSPS) is 13.1.